The van der Waals surface area contributed by atoms with Crippen LogP contribution in [0.25, 0.3) is 11.1 Å². The first-order valence-corrected chi connectivity index (χ1v) is 12.5. The Hall–Kier alpha value is -3.60. The predicted octanol–water partition coefficient (Wildman–Crippen LogP) is 4.54. The third-order valence-corrected chi connectivity index (χ3v) is 8.26. The van der Waals surface area contributed by atoms with Crippen LogP contribution in [0.5, 0.6) is 0 Å². The minimum atomic E-state index is -1.39. The van der Waals surface area contributed by atoms with Crippen molar-refractivity contribution in [3.8, 4) is 11.1 Å². The summed E-state index contributed by atoms with van der Waals surface area (Å²) < 4.78 is 5.97. The van der Waals surface area contributed by atoms with Gasteiger partial charge in [0.1, 0.15) is 6.61 Å². The van der Waals surface area contributed by atoms with E-state index in [-0.39, 0.29) is 30.9 Å². The van der Waals surface area contributed by atoms with Crippen LogP contribution in [0.3, 0.4) is 0 Å². The average Bonchev–Trinajstić information content (AvgIpc) is 3.54. The van der Waals surface area contributed by atoms with E-state index in [0.29, 0.717) is 6.42 Å². The van der Waals surface area contributed by atoms with Crippen LogP contribution < -0.4 is 5.11 Å². The first-order chi connectivity index (χ1) is 17.1. The van der Waals surface area contributed by atoms with Gasteiger partial charge in [0.2, 0.25) is 0 Å². The maximum Gasteiger partial charge on any atom is 0.410 e. The fourth-order valence-corrected chi connectivity index (χ4v) is 6.76. The molecule has 35 heavy (non-hydrogen) atoms. The molecule has 0 spiro atoms. The van der Waals surface area contributed by atoms with Crippen molar-refractivity contribution in [3.63, 3.8) is 0 Å². The fraction of sp³-hybridized carbons (Fsp3) is 0.333. The third-order valence-electron chi connectivity index (χ3n) is 8.26. The van der Waals surface area contributed by atoms with E-state index in [2.05, 4.69) is 24.3 Å². The standard InChI is InChI=1S/C30H29NO4/c32-28(33)30(17-20-9-2-1-3-10-20)18-21-11-8-16-27(21)31(30)29(34)35-19-26-24-14-6-4-12-22(24)23-13-5-7-15-25(23)26/h1-7,9-10,12-15,21,26-27H,8,11,16-19H2,(H,32,33)/p-1/t21-,27-,30+/m0/s1. The number of hydrogen-bond donors (Lipinski definition) is 0. The summed E-state index contributed by atoms with van der Waals surface area (Å²) in [6, 6.07) is 25.8. The van der Waals surface area contributed by atoms with Crippen LogP contribution >= 0.6 is 0 Å². The second-order valence-corrected chi connectivity index (χ2v) is 10.1. The number of fused-ring (bicyclic) bond motifs is 4. The molecule has 3 atom stereocenters. The van der Waals surface area contributed by atoms with Gasteiger partial charge < -0.3 is 14.6 Å². The lowest BCUT2D eigenvalue weighted by Crippen LogP contribution is -2.61. The summed E-state index contributed by atoms with van der Waals surface area (Å²) in [5.74, 6) is -1.10. The monoisotopic (exact) mass is 466 g/mol. The van der Waals surface area contributed by atoms with Crippen molar-refractivity contribution in [2.75, 3.05) is 6.61 Å². The van der Waals surface area contributed by atoms with E-state index in [1.807, 2.05) is 54.6 Å². The number of likely N-dealkylation sites (tertiary alicyclic amines) is 1. The van der Waals surface area contributed by atoms with E-state index in [0.717, 1.165) is 47.1 Å². The quantitative estimate of drug-likeness (QED) is 0.554. The number of benzene rings is 3. The maximum atomic E-state index is 13.7. The second kappa shape index (κ2) is 8.56. The largest absolute Gasteiger partial charge is 0.548 e. The van der Waals surface area contributed by atoms with Gasteiger partial charge in [-0.25, -0.2) is 4.79 Å². The summed E-state index contributed by atoms with van der Waals surface area (Å²) in [5, 5.41) is 12.7. The molecule has 0 unspecified atom stereocenters. The number of carbonyl (C=O) groups is 2. The Morgan fingerprint density at radius 3 is 2.17 bits per heavy atom. The summed E-state index contributed by atoms with van der Waals surface area (Å²) in [6.45, 7) is 0.176. The van der Waals surface area contributed by atoms with Crippen molar-refractivity contribution in [3.05, 3.63) is 95.6 Å². The third kappa shape index (κ3) is 3.53. The van der Waals surface area contributed by atoms with E-state index in [1.54, 1.807) is 4.90 Å². The minimum absolute atomic E-state index is 0.0696. The molecule has 3 aromatic carbocycles. The Balaban J connectivity index is 1.30. The van der Waals surface area contributed by atoms with Crippen LogP contribution in [0.4, 0.5) is 4.79 Å². The van der Waals surface area contributed by atoms with Gasteiger partial charge in [0.25, 0.3) is 0 Å². The van der Waals surface area contributed by atoms with E-state index in [4.69, 9.17) is 4.74 Å². The maximum absolute atomic E-state index is 13.7. The molecule has 1 amide bonds. The molecule has 2 fully saturated rings. The Kier molecular flexibility index (Phi) is 5.36. The normalized spacial score (nSPS) is 24.6. The zero-order valence-electron chi connectivity index (χ0n) is 19.6. The molecule has 1 aliphatic heterocycles. The number of carbonyl (C=O) groups excluding carboxylic acids is 2. The number of ether oxygens (including phenoxy) is 1. The van der Waals surface area contributed by atoms with Crippen molar-refractivity contribution < 1.29 is 19.4 Å². The molecule has 5 nitrogen and oxygen atoms in total. The zero-order valence-corrected chi connectivity index (χ0v) is 19.6. The lowest BCUT2D eigenvalue weighted by molar-refractivity contribution is -0.318. The SMILES string of the molecule is O=C(OCC1c2ccccc2-c2ccccc21)N1[C@H]2CCC[C@H]2C[C@]1(Cc1ccccc1)C(=O)[O-]. The Morgan fingerprint density at radius 2 is 1.51 bits per heavy atom. The average molecular weight is 467 g/mol. The summed E-state index contributed by atoms with van der Waals surface area (Å²) in [7, 11) is 0. The summed E-state index contributed by atoms with van der Waals surface area (Å²) in [4.78, 5) is 27.9. The number of amides is 1. The molecule has 3 aromatic rings. The lowest BCUT2D eigenvalue weighted by atomic mass is 9.85. The smallest absolute Gasteiger partial charge is 0.410 e. The zero-order chi connectivity index (χ0) is 24.0. The number of hydrogen-bond acceptors (Lipinski definition) is 4. The first kappa shape index (κ1) is 21.9. The van der Waals surface area contributed by atoms with Gasteiger partial charge in [0.15, 0.2) is 0 Å². The summed E-state index contributed by atoms with van der Waals surface area (Å²) >= 11 is 0. The van der Waals surface area contributed by atoms with Crippen molar-refractivity contribution in [2.24, 2.45) is 5.92 Å². The molecule has 3 aliphatic rings. The lowest BCUT2D eigenvalue weighted by Gasteiger charge is -2.41. The molecule has 1 saturated heterocycles. The van der Waals surface area contributed by atoms with E-state index < -0.39 is 17.6 Å². The molecule has 1 heterocycles. The molecule has 178 valence electrons. The number of nitrogens with zero attached hydrogens (tertiary/aromatic N) is 1. The van der Waals surface area contributed by atoms with Crippen LogP contribution in [0.1, 0.15) is 48.3 Å². The van der Waals surface area contributed by atoms with Crippen molar-refractivity contribution in [1.82, 2.24) is 4.90 Å². The molecular weight excluding hydrogens is 438 g/mol. The van der Waals surface area contributed by atoms with E-state index in [9.17, 15) is 14.7 Å². The van der Waals surface area contributed by atoms with Crippen LogP contribution in [0, 0.1) is 5.92 Å². The Morgan fingerprint density at radius 1 is 0.886 bits per heavy atom. The van der Waals surface area contributed by atoms with E-state index >= 15 is 0 Å². The highest BCUT2D eigenvalue weighted by molar-refractivity contribution is 5.85. The molecule has 0 bridgehead atoms. The summed E-state index contributed by atoms with van der Waals surface area (Å²) in [6.07, 6.45) is 2.84. The van der Waals surface area contributed by atoms with Crippen LogP contribution in [-0.4, -0.2) is 35.2 Å². The molecule has 2 aliphatic carbocycles. The second-order valence-electron chi connectivity index (χ2n) is 10.1. The molecule has 1 saturated carbocycles. The van der Waals surface area contributed by atoms with Gasteiger partial charge in [-0.3, -0.25) is 4.90 Å². The number of carboxylic acid groups (broad SMARTS) is 1. The van der Waals surface area contributed by atoms with Gasteiger partial charge in [-0.1, -0.05) is 85.3 Å². The van der Waals surface area contributed by atoms with Gasteiger partial charge >= 0.3 is 6.09 Å². The summed E-state index contributed by atoms with van der Waals surface area (Å²) in [5.41, 5.74) is 4.09. The molecule has 0 radical (unpaired) electrons. The highest BCUT2D eigenvalue weighted by Crippen LogP contribution is 2.49. The van der Waals surface area contributed by atoms with Crippen molar-refractivity contribution in [2.45, 2.75) is 49.6 Å². The van der Waals surface area contributed by atoms with Gasteiger partial charge in [0, 0.05) is 18.4 Å². The topological polar surface area (TPSA) is 69.7 Å². The number of rotatable bonds is 5. The van der Waals surface area contributed by atoms with Gasteiger partial charge in [-0.2, -0.15) is 0 Å². The number of aliphatic carboxylic acids is 1. The van der Waals surface area contributed by atoms with E-state index in [1.165, 1.54) is 0 Å². The Bertz CT molecular complexity index is 1230. The fourth-order valence-electron chi connectivity index (χ4n) is 6.76. The molecule has 0 aromatic heterocycles. The van der Waals surface area contributed by atoms with Gasteiger partial charge in [0.05, 0.1) is 11.5 Å². The molecule has 6 rings (SSSR count). The van der Waals surface area contributed by atoms with Crippen molar-refractivity contribution in [1.29, 1.82) is 0 Å². The Labute approximate surface area is 205 Å². The minimum Gasteiger partial charge on any atom is -0.548 e. The van der Waals surface area contributed by atoms with Crippen molar-refractivity contribution >= 4 is 12.1 Å². The number of carboxylic acids is 1. The first-order valence-electron chi connectivity index (χ1n) is 12.5. The molecular formula is C30H28NO4-. The van der Waals surface area contributed by atoms with Gasteiger partial charge in [-0.15, -0.1) is 0 Å². The molecule has 0 N–H and O–H groups in total. The van der Waals surface area contributed by atoms with Crippen LogP contribution in [0.15, 0.2) is 78.9 Å². The molecule has 5 heteroatoms. The van der Waals surface area contributed by atoms with Crippen LogP contribution in [-0.2, 0) is 16.0 Å². The predicted molar refractivity (Wildman–Crippen MR) is 131 cm³/mol. The van der Waals surface area contributed by atoms with Crippen LogP contribution in [0.2, 0.25) is 0 Å². The highest BCUT2D eigenvalue weighted by atomic mass is 16.6. The highest BCUT2D eigenvalue weighted by Gasteiger charge is 2.56. The van der Waals surface area contributed by atoms with Gasteiger partial charge in [-0.05, 0) is 53.0 Å².